The minimum Gasteiger partial charge on any atom is -0.467 e. The zero-order valence-corrected chi connectivity index (χ0v) is 15.2. The highest BCUT2D eigenvalue weighted by Crippen LogP contribution is 2.36. The van der Waals surface area contributed by atoms with Crippen molar-refractivity contribution < 1.29 is 19.6 Å². The zero-order chi connectivity index (χ0) is 20.1. The molecular weight excluding hydrogens is 358 g/mol. The van der Waals surface area contributed by atoms with Gasteiger partial charge in [0.05, 0.1) is 17.6 Å². The molecule has 0 heterocycles. The van der Waals surface area contributed by atoms with Gasteiger partial charge in [-0.05, 0) is 28.3 Å². The van der Waals surface area contributed by atoms with E-state index in [4.69, 9.17) is 0 Å². The third kappa shape index (κ3) is 4.07. The fraction of sp³-hybridized carbons (Fsp3) is 0.136. The number of methoxy groups -OCH3 is 1. The number of nitrogens with zero attached hydrogens (tertiary/aromatic N) is 1. The van der Waals surface area contributed by atoms with Crippen molar-refractivity contribution in [3.63, 3.8) is 0 Å². The van der Waals surface area contributed by atoms with E-state index in [1.165, 1.54) is 13.2 Å². The Morgan fingerprint density at radius 3 is 2.36 bits per heavy atom. The van der Waals surface area contributed by atoms with Gasteiger partial charge in [-0.1, -0.05) is 60.7 Å². The number of esters is 1. The summed E-state index contributed by atoms with van der Waals surface area (Å²) in [7, 11) is 1.20. The molecule has 6 nitrogen and oxygen atoms in total. The summed E-state index contributed by atoms with van der Waals surface area (Å²) in [6.07, 6.45) is -1.34. The van der Waals surface area contributed by atoms with E-state index in [9.17, 15) is 20.0 Å². The van der Waals surface area contributed by atoms with Crippen molar-refractivity contribution in [2.24, 2.45) is 0 Å². The molecule has 28 heavy (non-hydrogen) atoms. The van der Waals surface area contributed by atoms with Gasteiger partial charge in [-0.15, -0.1) is 0 Å². The van der Waals surface area contributed by atoms with Crippen molar-refractivity contribution >= 4 is 11.7 Å². The Bertz CT molecular complexity index is 1000. The number of benzene rings is 3. The minimum atomic E-state index is -1.34. The molecule has 3 aromatic carbocycles. The molecular formula is C22H19NO5. The van der Waals surface area contributed by atoms with E-state index in [-0.39, 0.29) is 12.1 Å². The Balaban J connectivity index is 2.07. The van der Waals surface area contributed by atoms with Crippen molar-refractivity contribution in [2.75, 3.05) is 7.11 Å². The maximum Gasteiger partial charge on any atom is 0.335 e. The molecule has 0 aliphatic heterocycles. The third-order valence-electron chi connectivity index (χ3n) is 4.50. The number of carbonyl (C=O) groups is 1. The van der Waals surface area contributed by atoms with E-state index in [0.717, 1.165) is 11.1 Å². The Morgan fingerprint density at radius 2 is 1.68 bits per heavy atom. The van der Waals surface area contributed by atoms with Crippen molar-refractivity contribution in [3.8, 4) is 22.3 Å². The van der Waals surface area contributed by atoms with Gasteiger partial charge in [0.15, 0.2) is 6.10 Å². The molecule has 3 aromatic rings. The van der Waals surface area contributed by atoms with E-state index in [0.29, 0.717) is 16.7 Å². The predicted octanol–water partition coefficient (Wildman–Crippen LogP) is 4.01. The molecule has 3 rings (SSSR count). The fourth-order valence-corrected chi connectivity index (χ4v) is 3.11. The first-order valence-electron chi connectivity index (χ1n) is 8.69. The Kier molecular flexibility index (Phi) is 5.81. The Labute approximate surface area is 162 Å². The molecule has 0 saturated heterocycles. The summed E-state index contributed by atoms with van der Waals surface area (Å²) in [5, 5.41) is 21.8. The predicted molar refractivity (Wildman–Crippen MR) is 106 cm³/mol. The lowest BCUT2D eigenvalue weighted by molar-refractivity contribution is -0.384. The van der Waals surface area contributed by atoms with E-state index in [1.54, 1.807) is 30.3 Å². The van der Waals surface area contributed by atoms with E-state index < -0.39 is 17.0 Å². The van der Waals surface area contributed by atoms with Crippen LogP contribution in [0.1, 0.15) is 5.56 Å². The quantitative estimate of drug-likeness (QED) is 0.398. The van der Waals surface area contributed by atoms with Crippen LogP contribution in [-0.4, -0.2) is 29.2 Å². The van der Waals surface area contributed by atoms with Crippen LogP contribution in [0.3, 0.4) is 0 Å². The summed E-state index contributed by atoms with van der Waals surface area (Å²) in [6.45, 7) is 0. The number of aliphatic hydroxyl groups excluding tert-OH is 1. The summed E-state index contributed by atoms with van der Waals surface area (Å²) in [5.74, 6) is -0.747. The zero-order valence-electron chi connectivity index (χ0n) is 15.2. The van der Waals surface area contributed by atoms with Gasteiger partial charge in [0.2, 0.25) is 0 Å². The number of rotatable bonds is 6. The average Bonchev–Trinajstić information content (AvgIpc) is 2.73. The summed E-state index contributed by atoms with van der Waals surface area (Å²) < 4.78 is 4.56. The second kappa shape index (κ2) is 8.45. The number of ether oxygens (including phenoxy) is 1. The molecule has 1 unspecified atom stereocenters. The third-order valence-corrected chi connectivity index (χ3v) is 4.50. The van der Waals surface area contributed by atoms with Crippen LogP contribution in [0, 0.1) is 10.1 Å². The van der Waals surface area contributed by atoms with Gasteiger partial charge in [0.25, 0.3) is 5.69 Å². The monoisotopic (exact) mass is 377 g/mol. The second-order valence-electron chi connectivity index (χ2n) is 6.26. The second-order valence-corrected chi connectivity index (χ2v) is 6.26. The molecule has 0 saturated carbocycles. The number of nitro groups is 1. The van der Waals surface area contributed by atoms with Crippen LogP contribution in [0.2, 0.25) is 0 Å². The molecule has 0 fully saturated rings. The van der Waals surface area contributed by atoms with Gasteiger partial charge in [-0.25, -0.2) is 4.79 Å². The maximum absolute atomic E-state index is 11.7. The Morgan fingerprint density at radius 1 is 1.00 bits per heavy atom. The van der Waals surface area contributed by atoms with Crippen LogP contribution in [-0.2, 0) is 16.0 Å². The minimum absolute atomic E-state index is 0.000434. The molecule has 0 radical (unpaired) electrons. The summed E-state index contributed by atoms with van der Waals surface area (Å²) in [5.41, 5.74) is 3.22. The molecule has 6 heteroatoms. The molecule has 0 bridgehead atoms. The highest BCUT2D eigenvalue weighted by Gasteiger charge is 2.22. The SMILES string of the molecule is COC(=O)C(O)Cc1ccccc1-c1ccc(-c2ccccc2)cc1[N+](=O)[O-]. The normalized spacial score (nSPS) is 11.6. The molecule has 1 N–H and O–H groups in total. The number of nitro benzene ring substituents is 1. The van der Waals surface area contributed by atoms with Gasteiger partial charge >= 0.3 is 5.97 Å². The summed E-state index contributed by atoms with van der Waals surface area (Å²) in [6, 6.07) is 21.5. The van der Waals surface area contributed by atoms with Crippen LogP contribution < -0.4 is 0 Å². The largest absolute Gasteiger partial charge is 0.467 e. The van der Waals surface area contributed by atoms with Crippen molar-refractivity contribution in [3.05, 3.63) is 88.5 Å². The number of carbonyl (C=O) groups excluding carboxylic acids is 1. The molecule has 0 amide bonds. The highest BCUT2D eigenvalue weighted by molar-refractivity contribution is 5.81. The number of hydrogen-bond donors (Lipinski definition) is 1. The first kappa shape index (κ1) is 19.3. The lowest BCUT2D eigenvalue weighted by atomic mass is 9.93. The molecule has 142 valence electrons. The van der Waals surface area contributed by atoms with Crippen LogP contribution in [0.4, 0.5) is 5.69 Å². The van der Waals surface area contributed by atoms with Gasteiger partial charge in [0, 0.05) is 12.5 Å². The topological polar surface area (TPSA) is 89.7 Å². The smallest absolute Gasteiger partial charge is 0.335 e. The molecule has 0 spiro atoms. The number of hydrogen-bond acceptors (Lipinski definition) is 5. The maximum atomic E-state index is 11.7. The van der Waals surface area contributed by atoms with Crippen LogP contribution in [0.15, 0.2) is 72.8 Å². The molecule has 0 aliphatic carbocycles. The molecule has 0 aliphatic rings. The molecule has 0 aromatic heterocycles. The van der Waals surface area contributed by atoms with Gasteiger partial charge < -0.3 is 9.84 Å². The lowest BCUT2D eigenvalue weighted by Crippen LogP contribution is -2.24. The van der Waals surface area contributed by atoms with Crippen molar-refractivity contribution in [1.82, 2.24) is 0 Å². The van der Waals surface area contributed by atoms with Gasteiger partial charge in [-0.2, -0.15) is 0 Å². The van der Waals surface area contributed by atoms with Crippen LogP contribution in [0.5, 0.6) is 0 Å². The van der Waals surface area contributed by atoms with E-state index in [1.807, 2.05) is 36.4 Å². The average molecular weight is 377 g/mol. The van der Waals surface area contributed by atoms with Crippen LogP contribution >= 0.6 is 0 Å². The molecule has 1 atom stereocenters. The first-order chi connectivity index (χ1) is 13.5. The lowest BCUT2D eigenvalue weighted by Gasteiger charge is -2.14. The first-order valence-corrected chi connectivity index (χ1v) is 8.69. The highest BCUT2D eigenvalue weighted by atomic mass is 16.6. The number of aliphatic hydroxyl groups is 1. The van der Waals surface area contributed by atoms with E-state index in [2.05, 4.69) is 4.74 Å². The van der Waals surface area contributed by atoms with Gasteiger partial charge in [-0.3, -0.25) is 10.1 Å². The van der Waals surface area contributed by atoms with E-state index >= 15 is 0 Å². The standard InChI is InChI=1S/C22H19NO5/c1-28-22(25)21(24)14-17-9-5-6-10-18(17)19-12-11-16(13-20(19)23(26)27)15-7-3-2-4-8-15/h2-13,21,24H,14H2,1H3. The Hall–Kier alpha value is -3.51. The summed E-state index contributed by atoms with van der Waals surface area (Å²) >= 11 is 0. The van der Waals surface area contributed by atoms with Gasteiger partial charge in [0.1, 0.15) is 0 Å². The van der Waals surface area contributed by atoms with Crippen molar-refractivity contribution in [2.45, 2.75) is 12.5 Å². The van der Waals surface area contributed by atoms with Crippen molar-refractivity contribution in [1.29, 1.82) is 0 Å². The summed E-state index contributed by atoms with van der Waals surface area (Å²) in [4.78, 5) is 22.9. The fourth-order valence-electron chi connectivity index (χ4n) is 3.11. The van der Waals surface area contributed by atoms with Crippen LogP contribution in [0.25, 0.3) is 22.3 Å².